The zero-order chi connectivity index (χ0) is 20.8. The first-order chi connectivity index (χ1) is 12.9. The molecule has 0 heterocycles. The number of aliphatic hydroxyl groups excluding tert-OH is 2. The molecule has 0 bridgehead atoms. The van der Waals surface area contributed by atoms with Gasteiger partial charge in [0, 0.05) is 10.8 Å². The fraction of sp³-hybridized carbons (Fsp3) is 0.714. The molecule has 3 saturated carbocycles. The molecule has 4 aliphatic carbocycles. The number of allylic oxidation sites excluding steroid dienone is 4. The number of alkyl halides is 1. The summed E-state index contributed by atoms with van der Waals surface area (Å²) in [6.07, 6.45) is 3.57. The predicted molar refractivity (Wildman–Crippen MR) is 98.8 cm³/mol. The number of carbonyl (C=O) groups excluding carboxylic acids is 2. The molecule has 7 heteroatoms. The Bertz CT molecular complexity index is 826. The first-order valence-corrected chi connectivity index (χ1v) is 9.87. The maximum absolute atomic E-state index is 17.0. The molecule has 6 nitrogen and oxygen atoms in total. The summed E-state index contributed by atoms with van der Waals surface area (Å²) in [5.74, 6) is -1.48. The lowest BCUT2D eigenvalue weighted by atomic mass is 9.41. The number of hydrogen-bond acceptors (Lipinski definition) is 6. The number of nitrogens with two attached hydrogens (primary N) is 1. The molecule has 4 rings (SSSR count). The average molecular weight is 393 g/mol. The van der Waals surface area contributed by atoms with Crippen molar-refractivity contribution < 1.29 is 29.3 Å². The van der Waals surface area contributed by atoms with Crippen LogP contribution in [0.1, 0.15) is 46.0 Å². The molecular weight excluding hydrogens is 365 g/mol. The lowest BCUT2D eigenvalue weighted by molar-refractivity contribution is -0.226. The highest BCUT2D eigenvalue weighted by Crippen LogP contribution is 2.70. The lowest BCUT2D eigenvalue weighted by Crippen LogP contribution is -2.80. The van der Waals surface area contributed by atoms with Gasteiger partial charge in [-0.15, -0.1) is 0 Å². The number of aliphatic hydroxyl groups is 3. The number of ketones is 2. The van der Waals surface area contributed by atoms with E-state index in [0.717, 1.165) is 0 Å². The van der Waals surface area contributed by atoms with E-state index in [2.05, 4.69) is 0 Å². The fourth-order valence-corrected chi connectivity index (χ4v) is 7.02. The molecule has 0 aliphatic heterocycles. The summed E-state index contributed by atoms with van der Waals surface area (Å²) < 4.78 is 17.0. The maximum Gasteiger partial charge on any atom is 0.190 e. The lowest BCUT2D eigenvalue weighted by Gasteiger charge is -2.67. The summed E-state index contributed by atoms with van der Waals surface area (Å²) >= 11 is 0. The molecule has 0 saturated heterocycles. The maximum atomic E-state index is 17.0. The van der Waals surface area contributed by atoms with Crippen LogP contribution in [0.5, 0.6) is 0 Å². The first kappa shape index (κ1) is 19.9. The molecule has 154 valence electrons. The van der Waals surface area contributed by atoms with E-state index < -0.39 is 52.1 Å². The molecule has 3 fully saturated rings. The molecule has 5 N–H and O–H groups in total. The Labute approximate surface area is 163 Å². The second kappa shape index (κ2) is 5.59. The Morgan fingerprint density at radius 3 is 2.68 bits per heavy atom. The molecule has 0 spiro atoms. The Kier molecular flexibility index (Phi) is 3.97. The van der Waals surface area contributed by atoms with Gasteiger partial charge in [-0.3, -0.25) is 9.59 Å². The van der Waals surface area contributed by atoms with E-state index >= 15 is 4.39 Å². The van der Waals surface area contributed by atoms with Crippen LogP contribution < -0.4 is 5.73 Å². The molecule has 0 aromatic carbocycles. The molecule has 0 radical (unpaired) electrons. The third-order valence-corrected chi connectivity index (χ3v) is 8.62. The molecule has 4 aliphatic rings. The Hall–Kier alpha value is -1.41. The highest BCUT2D eigenvalue weighted by molar-refractivity contribution is 6.01. The van der Waals surface area contributed by atoms with Crippen molar-refractivity contribution in [2.45, 2.75) is 68.9 Å². The summed E-state index contributed by atoms with van der Waals surface area (Å²) in [6, 6.07) is 0. The van der Waals surface area contributed by atoms with Crippen LogP contribution in [0.15, 0.2) is 23.8 Å². The topological polar surface area (TPSA) is 121 Å². The van der Waals surface area contributed by atoms with Gasteiger partial charge in [0.2, 0.25) is 0 Å². The monoisotopic (exact) mass is 393 g/mol. The zero-order valence-corrected chi connectivity index (χ0v) is 16.2. The van der Waals surface area contributed by atoms with E-state index in [4.69, 9.17) is 5.73 Å². The van der Waals surface area contributed by atoms with Crippen LogP contribution in [0.4, 0.5) is 4.39 Å². The van der Waals surface area contributed by atoms with Crippen LogP contribution in [0, 0.1) is 16.7 Å². The van der Waals surface area contributed by atoms with Gasteiger partial charge in [0.15, 0.2) is 17.2 Å². The normalized spacial score (nSPS) is 52.5. The van der Waals surface area contributed by atoms with Gasteiger partial charge < -0.3 is 21.1 Å². The quantitative estimate of drug-likeness (QED) is 0.549. The number of fused-ring (bicyclic) bond motifs is 5. The Balaban J connectivity index is 1.88. The average Bonchev–Trinajstić information content (AvgIpc) is 2.91. The highest BCUT2D eigenvalue weighted by atomic mass is 19.1. The predicted octanol–water partition coefficient (Wildman–Crippen LogP) is 0.731. The van der Waals surface area contributed by atoms with Gasteiger partial charge in [-0.25, -0.2) is 4.39 Å². The van der Waals surface area contributed by atoms with Crippen LogP contribution in [0.25, 0.3) is 0 Å². The third kappa shape index (κ3) is 1.91. The van der Waals surface area contributed by atoms with E-state index in [0.29, 0.717) is 18.4 Å². The van der Waals surface area contributed by atoms with Gasteiger partial charge in [-0.05, 0) is 57.1 Å². The van der Waals surface area contributed by atoms with Crippen molar-refractivity contribution in [2.75, 3.05) is 6.61 Å². The standard InChI is InChI=1S/C21H28FNO5/c1-17-6-4-13(25)9-12(17)3-7-19(23)14-5-8-20(28,16(27)11-24)18(14,2)10-15(26)21(17,19)22/h4,6,9,14-15,24,26,28H,3,5,7-8,10-11,23H2,1-2H3/t14-,15+,17+,18+,19-,20+,21+/m1/s1. The van der Waals surface area contributed by atoms with Gasteiger partial charge in [0.25, 0.3) is 0 Å². The van der Waals surface area contributed by atoms with Crippen molar-refractivity contribution in [3.05, 3.63) is 23.8 Å². The minimum absolute atomic E-state index is 0.0725. The van der Waals surface area contributed by atoms with E-state index in [-0.39, 0.29) is 25.0 Å². The summed E-state index contributed by atoms with van der Waals surface area (Å²) in [7, 11) is 0. The Morgan fingerprint density at radius 2 is 2.04 bits per heavy atom. The third-order valence-electron chi connectivity index (χ3n) is 8.62. The van der Waals surface area contributed by atoms with Gasteiger partial charge in [-0.2, -0.15) is 0 Å². The molecule has 7 atom stereocenters. The second-order valence-electron chi connectivity index (χ2n) is 9.53. The van der Waals surface area contributed by atoms with Crippen LogP contribution in [0.3, 0.4) is 0 Å². The number of carbonyl (C=O) groups is 2. The van der Waals surface area contributed by atoms with E-state index in [1.807, 2.05) is 0 Å². The zero-order valence-electron chi connectivity index (χ0n) is 16.2. The van der Waals surface area contributed by atoms with E-state index in [9.17, 15) is 24.9 Å². The van der Waals surface area contributed by atoms with E-state index in [1.165, 1.54) is 18.2 Å². The second-order valence-corrected chi connectivity index (χ2v) is 9.53. The summed E-state index contributed by atoms with van der Waals surface area (Å²) in [5, 5.41) is 31.7. The molecule has 0 aromatic rings. The van der Waals surface area contributed by atoms with E-state index in [1.54, 1.807) is 13.8 Å². The number of rotatable bonds is 2. The molecule has 28 heavy (non-hydrogen) atoms. The summed E-state index contributed by atoms with van der Waals surface area (Å²) in [6.45, 7) is 2.51. The first-order valence-electron chi connectivity index (χ1n) is 9.87. The molecule has 0 unspecified atom stereocenters. The van der Waals surface area contributed by atoms with Crippen molar-refractivity contribution in [2.24, 2.45) is 22.5 Å². The highest BCUT2D eigenvalue weighted by Gasteiger charge is 2.78. The van der Waals surface area contributed by atoms with Crippen LogP contribution >= 0.6 is 0 Å². The molecular formula is C21H28FNO5. The Morgan fingerprint density at radius 1 is 1.36 bits per heavy atom. The van der Waals surface area contributed by atoms with Gasteiger partial charge in [0.05, 0.1) is 11.6 Å². The van der Waals surface area contributed by atoms with Crippen LogP contribution in [-0.4, -0.2) is 56.4 Å². The molecule has 0 amide bonds. The number of Topliss-reactive ketones (excluding diaryl/α,β-unsaturated/α-hetero) is 1. The number of hydrogen-bond donors (Lipinski definition) is 4. The molecule has 0 aromatic heterocycles. The van der Waals surface area contributed by atoms with Crippen LogP contribution in [0.2, 0.25) is 0 Å². The minimum atomic E-state index is -2.25. The van der Waals surface area contributed by atoms with Crippen molar-refractivity contribution in [3.63, 3.8) is 0 Å². The summed E-state index contributed by atoms with van der Waals surface area (Å²) in [5.41, 5.74) is -0.582. The minimum Gasteiger partial charge on any atom is -0.390 e. The van der Waals surface area contributed by atoms with Crippen LogP contribution in [-0.2, 0) is 9.59 Å². The number of halogens is 1. The van der Waals surface area contributed by atoms with Gasteiger partial charge in [-0.1, -0.05) is 18.6 Å². The smallest absolute Gasteiger partial charge is 0.190 e. The fourth-order valence-electron chi connectivity index (χ4n) is 7.02. The van der Waals surface area contributed by atoms with Gasteiger partial charge >= 0.3 is 0 Å². The largest absolute Gasteiger partial charge is 0.390 e. The SMILES string of the molecule is C[C@]12C=CC(=O)C=C1CC[C@@]1(N)[C@@H]3CC[C@](O)(C(=O)CO)[C@@]3(C)C[C@H](O)[C@]21F. The van der Waals surface area contributed by atoms with Crippen molar-refractivity contribution >= 4 is 11.6 Å². The van der Waals surface area contributed by atoms with Crippen molar-refractivity contribution in [1.29, 1.82) is 0 Å². The van der Waals surface area contributed by atoms with Gasteiger partial charge in [0.1, 0.15) is 12.2 Å². The van der Waals surface area contributed by atoms with Crippen molar-refractivity contribution in [1.82, 2.24) is 0 Å². The van der Waals surface area contributed by atoms with Crippen molar-refractivity contribution in [3.8, 4) is 0 Å². The summed E-state index contributed by atoms with van der Waals surface area (Å²) in [4.78, 5) is 24.2.